The summed E-state index contributed by atoms with van der Waals surface area (Å²) in [4.78, 5) is 21.1. The zero-order chi connectivity index (χ0) is 12.1. The third kappa shape index (κ3) is 3.13. The standard InChI is InChI=1S/C11H11NO4/c12-8-5-4-7(2-1-3-10(13)14)9(6-8)11(15)16/h1-2,4-6H,3,12H2,(H,13,14)(H,15,16). The number of nitrogen functional groups attached to an aromatic ring is 1. The molecule has 0 aliphatic rings. The summed E-state index contributed by atoms with van der Waals surface area (Å²) in [6, 6.07) is 4.44. The van der Waals surface area contributed by atoms with Crippen molar-refractivity contribution in [2.45, 2.75) is 6.42 Å². The number of nitrogens with two attached hydrogens (primary N) is 1. The molecule has 0 radical (unpaired) electrons. The van der Waals surface area contributed by atoms with Gasteiger partial charge in [0, 0.05) is 5.69 Å². The molecule has 0 saturated heterocycles. The fourth-order valence-electron chi connectivity index (χ4n) is 1.19. The molecule has 1 aromatic rings. The smallest absolute Gasteiger partial charge is 0.336 e. The third-order valence-corrected chi connectivity index (χ3v) is 1.90. The van der Waals surface area contributed by atoms with Crippen molar-refractivity contribution in [2.24, 2.45) is 0 Å². The Morgan fingerprint density at radius 3 is 2.56 bits per heavy atom. The van der Waals surface area contributed by atoms with Crippen molar-refractivity contribution in [3.05, 3.63) is 35.4 Å². The first-order valence-electron chi connectivity index (χ1n) is 4.52. The number of rotatable bonds is 4. The highest BCUT2D eigenvalue weighted by atomic mass is 16.4. The van der Waals surface area contributed by atoms with E-state index in [4.69, 9.17) is 15.9 Å². The number of benzene rings is 1. The van der Waals surface area contributed by atoms with Gasteiger partial charge in [0.1, 0.15) is 0 Å². The van der Waals surface area contributed by atoms with E-state index in [0.717, 1.165) is 0 Å². The largest absolute Gasteiger partial charge is 0.481 e. The van der Waals surface area contributed by atoms with E-state index >= 15 is 0 Å². The van der Waals surface area contributed by atoms with Crippen LogP contribution in [0.15, 0.2) is 24.3 Å². The van der Waals surface area contributed by atoms with Crippen molar-refractivity contribution in [3.63, 3.8) is 0 Å². The van der Waals surface area contributed by atoms with Crippen LogP contribution >= 0.6 is 0 Å². The van der Waals surface area contributed by atoms with Crippen LogP contribution in [0.1, 0.15) is 22.3 Å². The lowest BCUT2D eigenvalue weighted by molar-refractivity contribution is -0.135. The number of carbonyl (C=O) groups is 2. The maximum Gasteiger partial charge on any atom is 0.336 e. The first-order chi connectivity index (χ1) is 7.50. The molecule has 0 saturated carbocycles. The number of aromatic carboxylic acids is 1. The van der Waals surface area contributed by atoms with Gasteiger partial charge in [0.15, 0.2) is 0 Å². The molecule has 5 heteroatoms. The lowest BCUT2D eigenvalue weighted by Gasteiger charge is -2.02. The molecule has 0 aliphatic carbocycles. The fourth-order valence-corrected chi connectivity index (χ4v) is 1.19. The van der Waals surface area contributed by atoms with Crippen LogP contribution < -0.4 is 5.73 Å². The Morgan fingerprint density at radius 1 is 1.31 bits per heavy atom. The van der Waals surface area contributed by atoms with E-state index in [1.807, 2.05) is 0 Å². The van der Waals surface area contributed by atoms with Crippen LogP contribution in [-0.4, -0.2) is 22.2 Å². The molecular weight excluding hydrogens is 210 g/mol. The maximum atomic E-state index is 10.9. The summed E-state index contributed by atoms with van der Waals surface area (Å²) in [6.07, 6.45) is 2.70. The van der Waals surface area contributed by atoms with E-state index in [9.17, 15) is 9.59 Å². The Balaban J connectivity index is 2.99. The summed E-state index contributed by atoms with van der Waals surface area (Å²) in [5.74, 6) is -2.06. The van der Waals surface area contributed by atoms with Crippen LogP contribution in [0.4, 0.5) is 5.69 Å². The molecule has 0 aliphatic heterocycles. The van der Waals surface area contributed by atoms with Crippen molar-refractivity contribution in [2.75, 3.05) is 5.73 Å². The summed E-state index contributed by atoms with van der Waals surface area (Å²) >= 11 is 0. The summed E-state index contributed by atoms with van der Waals surface area (Å²) in [7, 11) is 0. The second-order valence-electron chi connectivity index (χ2n) is 3.15. The monoisotopic (exact) mass is 221 g/mol. The van der Waals surface area contributed by atoms with Gasteiger partial charge in [-0.25, -0.2) is 4.79 Å². The SMILES string of the molecule is Nc1ccc(C=CCC(=O)O)c(C(=O)O)c1. The molecule has 1 rings (SSSR count). The normalized spacial score (nSPS) is 10.5. The van der Waals surface area contributed by atoms with E-state index in [1.54, 1.807) is 6.07 Å². The molecule has 4 N–H and O–H groups in total. The molecule has 0 atom stereocenters. The van der Waals surface area contributed by atoms with Crippen LogP contribution in [-0.2, 0) is 4.79 Å². The Labute approximate surface area is 91.8 Å². The number of hydrogen-bond donors (Lipinski definition) is 3. The maximum absolute atomic E-state index is 10.9. The highest BCUT2D eigenvalue weighted by molar-refractivity contribution is 5.93. The number of hydrogen-bond acceptors (Lipinski definition) is 3. The van der Waals surface area contributed by atoms with Crippen molar-refractivity contribution >= 4 is 23.7 Å². The average Bonchev–Trinajstić information content (AvgIpc) is 2.19. The molecule has 0 heterocycles. The van der Waals surface area contributed by atoms with E-state index in [0.29, 0.717) is 11.3 Å². The minimum Gasteiger partial charge on any atom is -0.481 e. The summed E-state index contributed by atoms with van der Waals surface area (Å²) in [5, 5.41) is 17.3. The van der Waals surface area contributed by atoms with Gasteiger partial charge in [0.2, 0.25) is 0 Å². The Morgan fingerprint density at radius 2 is 2.00 bits per heavy atom. The van der Waals surface area contributed by atoms with E-state index in [1.165, 1.54) is 24.3 Å². The van der Waals surface area contributed by atoms with E-state index < -0.39 is 11.9 Å². The highest BCUT2D eigenvalue weighted by Crippen LogP contribution is 2.15. The molecule has 0 spiro atoms. The number of carboxylic acid groups (broad SMARTS) is 2. The highest BCUT2D eigenvalue weighted by Gasteiger charge is 2.07. The fraction of sp³-hybridized carbons (Fsp3) is 0.0909. The van der Waals surface area contributed by atoms with Gasteiger partial charge < -0.3 is 15.9 Å². The van der Waals surface area contributed by atoms with Crippen molar-refractivity contribution in [1.29, 1.82) is 0 Å². The van der Waals surface area contributed by atoms with Crippen LogP contribution in [0.5, 0.6) is 0 Å². The zero-order valence-electron chi connectivity index (χ0n) is 8.38. The van der Waals surface area contributed by atoms with Crippen LogP contribution in [0.3, 0.4) is 0 Å². The first-order valence-corrected chi connectivity index (χ1v) is 4.52. The predicted molar refractivity (Wildman–Crippen MR) is 59.1 cm³/mol. The molecule has 84 valence electrons. The summed E-state index contributed by atoms with van der Waals surface area (Å²) < 4.78 is 0. The van der Waals surface area contributed by atoms with Gasteiger partial charge in [0.25, 0.3) is 0 Å². The molecule has 0 amide bonds. The van der Waals surface area contributed by atoms with Crippen molar-refractivity contribution < 1.29 is 19.8 Å². The van der Waals surface area contributed by atoms with Crippen molar-refractivity contribution in [1.82, 2.24) is 0 Å². The second kappa shape index (κ2) is 4.97. The lowest BCUT2D eigenvalue weighted by atomic mass is 10.1. The zero-order valence-corrected chi connectivity index (χ0v) is 8.38. The second-order valence-corrected chi connectivity index (χ2v) is 3.15. The average molecular weight is 221 g/mol. The molecular formula is C11H11NO4. The molecule has 5 nitrogen and oxygen atoms in total. The number of aliphatic carboxylic acids is 1. The minimum atomic E-state index is -1.10. The molecule has 1 aromatic carbocycles. The molecule has 0 fully saturated rings. The van der Waals surface area contributed by atoms with E-state index in [-0.39, 0.29) is 12.0 Å². The van der Waals surface area contributed by atoms with Crippen LogP contribution in [0, 0.1) is 0 Å². The Kier molecular flexibility index (Phi) is 3.66. The predicted octanol–water partition coefficient (Wildman–Crippen LogP) is 1.45. The van der Waals surface area contributed by atoms with Crippen LogP contribution in [0.2, 0.25) is 0 Å². The summed E-state index contributed by atoms with van der Waals surface area (Å²) in [5.41, 5.74) is 6.31. The molecule has 16 heavy (non-hydrogen) atoms. The first kappa shape index (κ1) is 11.8. The molecule has 0 unspecified atom stereocenters. The topological polar surface area (TPSA) is 101 Å². The van der Waals surface area contributed by atoms with Crippen molar-refractivity contribution in [3.8, 4) is 0 Å². The van der Waals surface area contributed by atoms with E-state index in [2.05, 4.69) is 0 Å². The third-order valence-electron chi connectivity index (χ3n) is 1.90. The van der Waals surface area contributed by atoms with Gasteiger partial charge in [-0.15, -0.1) is 0 Å². The molecule has 0 aromatic heterocycles. The number of carboxylic acids is 2. The van der Waals surface area contributed by atoms with Gasteiger partial charge in [-0.2, -0.15) is 0 Å². The quantitative estimate of drug-likeness (QED) is 0.668. The Bertz CT molecular complexity index is 451. The number of anilines is 1. The van der Waals surface area contributed by atoms with Gasteiger partial charge >= 0.3 is 11.9 Å². The Hall–Kier alpha value is -2.30. The van der Waals surface area contributed by atoms with Gasteiger partial charge in [-0.1, -0.05) is 18.2 Å². The summed E-state index contributed by atoms with van der Waals surface area (Å²) in [6.45, 7) is 0. The van der Waals surface area contributed by atoms with Gasteiger partial charge in [0.05, 0.1) is 12.0 Å². The van der Waals surface area contributed by atoms with Gasteiger partial charge in [-0.05, 0) is 17.7 Å². The lowest BCUT2D eigenvalue weighted by Crippen LogP contribution is -2.01. The minimum absolute atomic E-state index is 0.0571. The van der Waals surface area contributed by atoms with Crippen LogP contribution in [0.25, 0.3) is 6.08 Å². The van der Waals surface area contributed by atoms with Gasteiger partial charge in [-0.3, -0.25) is 4.79 Å². The molecule has 0 bridgehead atoms.